The first-order valence-electron chi connectivity index (χ1n) is 6.68. The molecule has 0 aliphatic heterocycles. The first-order chi connectivity index (χ1) is 9.75. The van der Waals surface area contributed by atoms with Gasteiger partial charge in [-0.15, -0.1) is 0 Å². The van der Waals surface area contributed by atoms with Crippen LogP contribution in [0.4, 0.5) is 0 Å². The highest BCUT2D eigenvalue weighted by Crippen LogP contribution is 2.31. The molecule has 3 rings (SSSR count). The Bertz CT molecular complexity index is 738. The number of hydrogen-bond donors (Lipinski definition) is 0. The Labute approximate surface area is 120 Å². The molecule has 0 heteroatoms. The van der Waals surface area contributed by atoms with Crippen LogP contribution in [0.5, 0.6) is 0 Å². The average Bonchev–Trinajstić information content (AvgIpc) is 2.48. The minimum absolute atomic E-state index is 0.839. The number of rotatable bonds is 3. The molecule has 0 radical (unpaired) electrons. The van der Waals surface area contributed by atoms with Gasteiger partial charge in [-0.25, -0.2) is 0 Å². The molecule has 0 aromatic heterocycles. The second-order valence-corrected chi connectivity index (χ2v) is 4.91. The SMILES string of the molecule is C=C([CH2-])[C+](c1ccccc1)c1ccc2ccccc2c1. The number of allylic oxidation sites excluding steroid dienone is 1. The molecule has 0 saturated heterocycles. The van der Waals surface area contributed by atoms with Crippen LogP contribution in [0, 0.1) is 12.8 Å². The van der Waals surface area contributed by atoms with Gasteiger partial charge in [0.2, 0.25) is 0 Å². The van der Waals surface area contributed by atoms with Gasteiger partial charge in [-0.3, -0.25) is 0 Å². The van der Waals surface area contributed by atoms with E-state index >= 15 is 0 Å². The fourth-order valence-electron chi connectivity index (χ4n) is 2.52. The lowest BCUT2D eigenvalue weighted by molar-refractivity contribution is 1.25. The van der Waals surface area contributed by atoms with Crippen LogP contribution in [-0.4, -0.2) is 0 Å². The largest absolute Gasteiger partial charge is 0.0917 e. The van der Waals surface area contributed by atoms with E-state index in [0.29, 0.717) is 0 Å². The Morgan fingerprint density at radius 2 is 1.40 bits per heavy atom. The maximum atomic E-state index is 4.04. The molecule has 0 aliphatic carbocycles. The Hall–Kier alpha value is -2.60. The number of hydrogen-bond acceptors (Lipinski definition) is 0. The van der Waals surface area contributed by atoms with Crippen molar-refractivity contribution in [3.05, 3.63) is 109 Å². The van der Waals surface area contributed by atoms with E-state index in [4.69, 9.17) is 0 Å². The Kier molecular flexibility index (Phi) is 3.22. The topological polar surface area (TPSA) is 0 Å². The molecule has 0 unspecified atom stereocenters. The third-order valence-electron chi connectivity index (χ3n) is 3.45. The van der Waals surface area contributed by atoms with E-state index in [0.717, 1.165) is 22.6 Å². The molecular formula is C20H16. The van der Waals surface area contributed by atoms with E-state index in [9.17, 15) is 0 Å². The van der Waals surface area contributed by atoms with Crippen LogP contribution in [0.1, 0.15) is 11.1 Å². The zero-order valence-electron chi connectivity index (χ0n) is 11.3. The second kappa shape index (κ2) is 5.18. The summed E-state index contributed by atoms with van der Waals surface area (Å²) in [7, 11) is 0. The van der Waals surface area contributed by atoms with Crippen molar-refractivity contribution in [1.29, 1.82) is 0 Å². The summed E-state index contributed by atoms with van der Waals surface area (Å²) in [5.41, 5.74) is 3.16. The summed E-state index contributed by atoms with van der Waals surface area (Å²) in [4.78, 5) is 0. The van der Waals surface area contributed by atoms with Gasteiger partial charge in [0, 0.05) is 0 Å². The van der Waals surface area contributed by atoms with Crippen LogP contribution in [-0.2, 0) is 0 Å². The predicted octanol–water partition coefficient (Wildman–Crippen LogP) is 5.20. The highest BCUT2D eigenvalue weighted by atomic mass is 14.2. The first kappa shape index (κ1) is 12.4. The van der Waals surface area contributed by atoms with Gasteiger partial charge in [-0.1, -0.05) is 80.2 Å². The number of benzene rings is 3. The lowest BCUT2D eigenvalue weighted by Crippen LogP contribution is -2.03. The van der Waals surface area contributed by atoms with Crippen LogP contribution in [0.25, 0.3) is 10.8 Å². The fraction of sp³-hybridized carbons (Fsp3) is 0. The molecule has 3 aromatic carbocycles. The summed E-state index contributed by atoms with van der Waals surface area (Å²) in [5, 5.41) is 2.48. The molecule has 0 saturated carbocycles. The Balaban J connectivity index is 2.13. The van der Waals surface area contributed by atoms with Crippen LogP contribution >= 0.6 is 0 Å². The van der Waals surface area contributed by atoms with Crippen LogP contribution < -0.4 is 0 Å². The van der Waals surface area contributed by atoms with E-state index in [1.54, 1.807) is 0 Å². The fourth-order valence-corrected chi connectivity index (χ4v) is 2.52. The summed E-state index contributed by atoms with van der Waals surface area (Å²) >= 11 is 0. The van der Waals surface area contributed by atoms with Gasteiger partial charge in [0.1, 0.15) is 0 Å². The molecular weight excluding hydrogens is 240 g/mol. The zero-order chi connectivity index (χ0) is 13.9. The van der Waals surface area contributed by atoms with Gasteiger partial charge in [0.25, 0.3) is 0 Å². The summed E-state index contributed by atoms with van der Waals surface area (Å²) in [6.45, 7) is 8.08. The lowest BCUT2D eigenvalue weighted by Gasteiger charge is -2.18. The molecule has 0 bridgehead atoms. The average molecular weight is 256 g/mol. The molecule has 0 N–H and O–H groups in total. The lowest BCUT2D eigenvalue weighted by atomic mass is 9.85. The van der Waals surface area contributed by atoms with E-state index in [-0.39, 0.29) is 0 Å². The van der Waals surface area contributed by atoms with Gasteiger partial charge in [-0.2, -0.15) is 0 Å². The highest BCUT2D eigenvalue weighted by molar-refractivity contribution is 5.84. The maximum Gasteiger partial charge on any atom is -0.00505 e. The Morgan fingerprint density at radius 3 is 2.10 bits per heavy atom. The van der Waals surface area contributed by atoms with Crippen molar-refractivity contribution in [3.8, 4) is 0 Å². The molecule has 20 heavy (non-hydrogen) atoms. The third kappa shape index (κ3) is 2.28. The van der Waals surface area contributed by atoms with E-state index in [2.05, 4.69) is 68.1 Å². The van der Waals surface area contributed by atoms with Crippen molar-refractivity contribution in [2.24, 2.45) is 0 Å². The summed E-state index contributed by atoms with van der Waals surface area (Å²) in [6.07, 6.45) is 0. The summed E-state index contributed by atoms with van der Waals surface area (Å²) < 4.78 is 0. The van der Waals surface area contributed by atoms with Gasteiger partial charge >= 0.3 is 0 Å². The van der Waals surface area contributed by atoms with Gasteiger partial charge in [-0.05, 0) is 39.5 Å². The highest BCUT2D eigenvalue weighted by Gasteiger charge is 2.14. The quantitative estimate of drug-likeness (QED) is 0.565. The van der Waals surface area contributed by atoms with Crippen molar-refractivity contribution in [3.63, 3.8) is 0 Å². The molecule has 3 aromatic rings. The van der Waals surface area contributed by atoms with Crippen LogP contribution in [0.3, 0.4) is 0 Å². The normalized spacial score (nSPS) is 10.4. The predicted molar refractivity (Wildman–Crippen MR) is 86.3 cm³/mol. The molecule has 96 valence electrons. The maximum absolute atomic E-state index is 4.04. The molecule has 0 nitrogen and oxygen atoms in total. The van der Waals surface area contributed by atoms with Crippen molar-refractivity contribution < 1.29 is 0 Å². The molecule has 0 amide bonds. The van der Waals surface area contributed by atoms with E-state index < -0.39 is 0 Å². The van der Waals surface area contributed by atoms with Crippen molar-refractivity contribution in [1.82, 2.24) is 0 Å². The molecule has 0 fully saturated rings. The van der Waals surface area contributed by atoms with E-state index in [1.807, 2.05) is 18.2 Å². The Morgan fingerprint density at radius 1 is 0.750 bits per heavy atom. The molecule has 0 spiro atoms. The van der Waals surface area contributed by atoms with Crippen LogP contribution in [0.2, 0.25) is 0 Å². The minimum Gasteiger partial charge on any atom is -0.0917 e. The summed E-state index contributed by atoms with van der Waals surface area (Å²) in [5.74, 6) is 1.11. The van der Waals surface area contributed by atoms with Gasteiger partial charge in [0.05, 0.1) is 0 Å². The monoisotopic (exact) mass is 256 g/mol. The van der Waals surface area contributed by atoms with Crippen molar-refractivity contribution in [2.75, 3.05) is 0 Å². The smallest absolute Gasteiger partial charge is 0.00505 e. The van der Waals surface area contributed by atoms with E-state index in [1.165, 1.54) is 10.8 Å². The zero-order valence-corrected chi connectivity index (χ0v) is 11.3. The van der Waals surface area contributed by atoms with Crippen LogP contribution in [0.15, 0.2) is 84.9 Å². The molecule has 0 atom stereocenters. The minimum atomic E-state index is 0.839. The van der Waals surface area contributed by atoms with Gasteiger partial charge in [0.15, 0.2) is 0 Å². The standard InChI is InChI=1S/C20H16/c1-15(2)20(17-9-4-3-5-10-17)19-13-12-16-8-6-7-11-18(16)14-19/h3-14H,1-2H2. The third-order valence-corrected chi connectivity index (χ3v) is 3.45. The van der Waals surface area contributed by atoms with Gasteiger partial charge < -0.3 is 0 Å². The second-order valence-electron chi connectivity index (χ2n) is 4.91. The number of fused-ring (bicyclic) bond motifs is 1. The van der Waals surface area contributed by atoms with Crippen molar-refractivity contribution >= 4 is 10.8 Å². The van der Waals surface area contributed by atoms with Crippen molar-refractivity contribution in [2.45, 2.75) is 0 Å². The first-order valence-corrected chi connectivity index (χ1v) is 6.68. The summed E-state index contributed by atoms with van der Waals surface area (Å²) in [6, 6.07) is 25.2. The molecule has 0 aliphatic rings. The molecule has 0 heterocycles.